The Morgan fingerprint density at radius 3 is 2.65 bits per heavy atom. The van der Waals surface area contributed by atoms with Crippen molar-refractivity contribution in [3.05, 3.63) is 33.9 Å². The van der Waals surface area contributed by atoms with E-state index in [-0.39, 0.29) is 11.6 Å². The second kappa shape index (κ2) is 5.63. The molecule has 94 valence electrons. The number of hydrogen-bond donors (Lipinski definition) is 2. The summed E-state index contributed by atoms with van der Waals surface area (Å²) < 4.78 is 0. The Labute approximate surface area is 101 Å². The van der Waals surface area contributed by atoms with Crippen molar-refractivity contribution in [3.63, 3.8) is 0 Å². The van der Waals surface area contributed by atoms with Gasteiger partial charge in [0.1, 0.15) is 5.69 Å². The highest BCUT2D eigenvalue weighted by Crippen LogP contribution is 2.25. The maximum absolute atomic E-state index is 10.9. The molecule has 0 amide bonds. The molecule has 1 unspecified atom stereocenters. The molecule has 0 saturated carbocycles. The monoisotopic (exact) mass is 238 g/mol. The fourth-order valence-electron chi connectivity index (χ4n) is 1.39. The molecule has 5 heteroatoms. The summed E-state index contributed by atoms with van der Waals surface area (Å²) >= 11 is 0. The average molecular weight is 238 g/mol. The predicted molar refractivity (Wildman–Crippen MR) is 67.2 cm³/mol. The molecule has 0 aliphatic carbocycles. The van der Waals surface area contributed by atoms with Gasteiger partial charge in [-0.2, -0.15) is 0 Å². The van der Waals surface area contributed by atoms with E-state index in [1.165, 1.54) is 6.07 Å². The summed E-state index contributed by atoms with van der Waals surface area (Å²) in [5, 5.41) is 23.4. The molecule has 0 saturated heterocycles. The zero-order valence-electron chi connectivity index (χ0n) is 10.3. The van der Waals surface area contributed by atoms with E-state index in [1.807, 2.05) is 13.8 Å². The van der Waals surface area contributed by atoms with Gasteiger partial charge < -0.3 is 10.4 Å². The zero-order chi connectivity index (χ0) is 13.0. The average Bonchev–Trinajstić information content (AvgIpc) is 2.26. The number of aliphatic hydroxyl groups is 1. The number of nitro groups is 1. The van der Waals surface area contributed by atoms with E-state index < -0.39 is 11.0 Å². The number of rotatable bonds is 5. The Bertz CT molecular complexity index is 405. The minimum atomic E-state index is -0.518. The van der Waals surface area contributed by atoms with Crippen molar-refractivity contribution >= 4 is 11.4 Å². The second-order valence-corrected chi connectivity index (χ2v) is 4.47. The summed E-state index contributed by atoms with van der Waals surface area (Å²) in [5.41, 5.74) is 1.33. The topological polar surface area (TPSA) is 75.4 Å². The van der Waals surface area contributed by atoms with Gasteiger partial charge in [-0.15, -0.1) is 0 Å². The summed E-state index contributed by atoms with van der Waals surface area (Å²) in [7, 11) is 0. The summed E-state index contributed by atoms with van der Waals surface area (Å²) in [5.74, 6) is 0.118. The Balaban J connectivity index is 2.80. The molecule has 1 aromatic carbocycles. The first kappa shape index (κ1) is 13.4. The molecule has 0 bridgehead atoms. The molecule has 1 rings (SSSR count). The van der Waals surface area contributed by atoms with E-state index >= 15 is 0 Å². The zero-order valence-corrected chi connectivity index (χ0v) is 10.3. The maximum atomic E-state index is 10.9. The minimum absolute atomic E-state index is 0.0426. The third-order valence-corrected chi connectivity index (χ3v) is 2.62. The van der Waals surface area contributed by atoms with E-state index in [0.717, 1.165) is 5.56 Å². The molecule has 0 heterocycles. The van der Waals surface area contributed by atoms with Gasteiger partial charge in [-0.1, -0.05) is 19.9 Å². The van der Waals surface area contributed by atoms with Gasteiger partial charge in [-0.05, 0) is 24.5 Å². The van der Waals surface area contributed by atoms with Crippen molar-refractivity contribution in [1.29, 1.82) is 0 Å². The van der Waals surface area contributed by atoms with Gasteiger partial charge in [0.25, 0.3) is 5.69 Å². The van der Waals surface area contributed by atoms with Crippen LogP contribution in [-0.2, 0) is 0 Å². The number of hydrogen-bond acceptors (Lipinski definition) is 4. The molecular weight excluding hydrogens is 220 g/mol. The third-order valence-electron chi connectivity index (χ3n) is 2.62. The first-order valence-corrected chi connectivity index (χ1v) is 5.58. The van der Waals surface area contributed by atoms with Crippen molar-refractivity contribution in [2.45, 2.75) is 26.9 Å². The molecule has 0 aliphatic heterocycles. The van der Waals surface area contributed by atoms with Crippen LogP contribution in [0, 0.1) is 23.0 Å². The molecule has 5 nitrogen and oxygen atoms in total. The van der Waals surface area contributed by atoms with Gasteiger partial charge in [-0.3, -0.25) is 10.1 Å². The number of anilines is 1. The standard InChI is InChI=1S/C12H18N2O3/c1-8(2)12(15)7-13-10-5-4-9(3)6-11(10)14(16)17/h4-6,8,12-13,15H,7H2,1-3H3. The van der Waals surface area contributed by atoms with Crippen LogP contribution in [0.3, 0.4) is 0 Å². The molecular formula is C12H18N2O3. The quantitative estimate of drug-likeness (QED) is 0.609. The molecule has 0 spiro atoms. The number of aryl methyl sites for hydroxylation is 1. The molecule has 17 heavy (non-hydrogen) atoms. The summed E-state index contributed by atoms with van der Waals surface area (Å²) in [4.78, 5) is 10.4. The molecule has 0 radical (unpaired) electrons. The van der Waals surface area contributed by atoms with Crippen molar-refractivity contribution in [1.82, 2.24) is 0 Å². The Morgan fingerprint density at radius 2 is 2.12 bits per heavy atom. The van der Waals surface area contributed by atoms with Crippen molar-refractivity contribution in [2.24, 2.45) is 5.92 Å². The van der Waals surface area contributed by atoms with Crippen molar-refractivity contribution < 1.29 is 10.0 Å². The fourth-order valence-corrected chi connectivity index (χ4v) is 1.39. The Kier molecular flexibility index (Phi) is 4.45. The van der Waals surface area contributed by atoms with E-state index in [0.29, 0.717) is 12.2 Å². The van der Waals surface area contributed by atoms with Crippen LogP contribution in [0.15, 0.2) is 18.2 Å². The van der Waals surface area contributed by atoms with Gasteiger partial charge in [-0.25, -0.2) is 0 Å². The number of nitro benzene ring substituents is 1. The van der Waals surface area contributed by atoms with Crippen LogP contribution in [0.2, 0.25) is 0 Å². The Morgan fingerprint density at radius 1 is 1.47 bits per heavy atom. The third kappa shape index (κ3) is 3.71. The fraction of sp³-hybridized carbons (Fsp3) is 0.500. The maximum Gasteiger partial charge on any atom is 0.292 e. The smallest absolute Gasteiger partial charge is 0.292 e. The van der Waals surface area contributed by atoms with Crippen LogP contribution < -0.4 is 5.32 Å². The SMILES string of the molecule is Cc1ccc(NCC(O)C(C)C)c([N+](=O)[O-])c1. The molecule has 1 atom stereocenters. The van der Waals surface area contributed by atoms with E-state index in [1.54, 1.807) is 19.1 Å². The summed E-state index contributed by atoms with van der Waals surface area (Å²) in [6, 6.07) is 4.99. The lowest BCUT2D eigenvalue weighted by atomic mass is 10.1. The number of nitrogens with one attached hydrogen (secondary N) is 1. The highest BCUT2D eigenvalue weighted by atomic mass is 16.6. The molecule has 2 N–H and O–H groups in total. The van der Waals surface area contributed by atoms with Gasteiger partial charge >= 0.3 is 0 Å². The highest BCUT2D eigenvalue weighted by molar-refractivity contribution is 5.62. The minimum Gasteiger partial charge on any atom is -0.391 e. The van der Waals surface area contributed by atoms with Crippen LogP contribution in [0.25, 0.3) is 0 Å². The lowest BCUT2D eigenvalue weighted by Crippen LogP contribution is -2.25. The first-order valence-electron chi connectivity index (χ1n) is 5.58. The van der Waals surface area contributed by atoms with Gasteiger partial charge in [0.2, 0.25) is 0 Å². The van der Waals surface area contributed by atoms with E-state index in [2.05, 4.69) is 5.32 Å². The number of nitrogens with zero attached hydrogens (tertiary/aromatic N) is 1. The lowest BCUT2D eigenvalue weighted by Gasteiger charge is -2.16. The van der Waals surface area contributed by atoms with E-state index in [9.17, 15) is 15.2 Å². The van der Waals surface area contributed by atoms with Crippen LogP contribution >= 0.6 is 0 Å². The van der Waals surface area contributed by atoms with Crippen LogP contribution in [0.4, 0.5) is 11.4 Å². The van der Waals surface area contributed by atoms with Gasteiger partial charge in [0.05, 0.1) is 11.0 Å². The van der Waals surface area contributed by atoms with Gasteiger partial charge in [0, 0.05) is 12.6 Å². The second-order valence-electron chi connectivity index (χ2n) is 4.47. The molecule has 1 aromatic rings. The van der Waals surface area contributed by atoms with Crippen LogP contribution in [-0.4, -0.2) is 22.7 Å². The van der Waals surface area contributed by atoms with Gasteiger partial charge in [0.15, 0.2) is 0 Å². The molecule has 0 fully saturated rings. The molecule has 0 aromatic heterocycles. The Hall–Kier alpha value is -1.62. The van der Waals surface area contributed by atoms with Crippen LogP contribution in [0.5, 0.6) is 0 Å². The molecule has 0 aliphatic rings. The predicted octanol–water partition coefficient (Wildman–Crippen LogP) is 2.33. The summed E-state index contributed by atoms with van der Waals surface area (Å²) in [6.45, 7) is 5.91. The highest BCUT2D eigenvalue weighted by Gasteiger charge is 2.15. The lowest BCUT2D eigenvalue weighted by molar-refractivity contribution is -0.384. The van der Waals surface area contributed by atoms with E-state index in [4.69, 9.17) is 0 Å². The van der Waals surface area contributed by atoms with Crippen molar-refractivity contribution in [2.75, 3.05) is 11.9 Å². The largest absolute Gasteiger partial charge is 0.391 e. The summed E-state index contributed by atoms with van der Waals surface area (Å²) in [6.07, 6.45) is -0.518. The van der Waals surface area contributed by atoms with Crippen molar-refractivity contribution in [3.8, 4) is 0 Å². The number of aliphatic hydroxyl groups excluding tert-OH is 1. The normalized spacial score (nSPS) is 12.5. The first-order chi connectivity index (χ1) is 7.91. The number of benzene rings is 1. The van der Waals surface area contributed by atoms with Crippen LogP contribution in [0.1, 0.15) is 19.4 Å².